The van der Waals surface area contributed by atoms with Crippen molar-refractivity contribution in [3.63, 3.8) is 0 Å². The van der Waals surface area contributed by atoms with Crippen LogP contribution in [0.25, 0.3) is 0 Å². The van der Waals surface area contributed by atoms with Crippen LogP contribution in [0.4, 0.5) is 0 Å². The van der Waals surface area contributed by atoms with Crippen LogP contribution in [-0.2, 0) is 0 Å². The van der Waals surface area contributed by atoms with Crippen molar-refractivity contribution in [3.8, 4) is 5.75 Å². The Kier molecular flexibility index (Phi) is 6.59. The van der Waals surface area contributed by atoms with E-state index in [0.717, 1.165) is 23.6 Å². The second-order valence-corrected chi connectivity index (χ2v) is 7.90. The fraction of sp³-hybridized carbons (Fsp3) is 0.727. The Morgan fingerprint density at radius 3 is 2.21 bits per heavy atom. The Bertz CT molecular complexity index is 467. The Hall–Kier alpha value is -1.02. The van der Waals surface area contributed by atoms with Crippen LogP contribution in [0, 0.1) is 5.92 Å². The first kappa shape index (κ1) is 17.8. The molecule has 0 unspecified atom stereocenters. The van der Waals surface area contributed by atoms with Crippen molar-refractivity contribution in [2.45, 2.75) is 76.7 Å². The van der Waals surface area contributed by atoms with Crippen LogP contribution in [0.15, 0.2) is 24.3 Å². The van der Waals surface area contributed by atoms with Crippen molar-refractivity contribution in [3.05, 3.63) is 29.8 Å². The summed E-state index contributed by atoms with van der Waals surface area (Å²) in [4.78, 5) is 2.81. The van der Waals surface area contributed by atoms with Crippen molar-refractivity contribution >= 4 is 0 Å². The molecule has 0 aromatic heterocycles. The summed E-state index contributed by atoms with van der Waals surface area (Å²) in [6.07, 6.45) is 12.6. The van der Waals surface area contributed by atoms with E-state index in [4.69, 9.17) is 4.74 Å². The smallest absolute Gasteiger partial charge is 0.118 e. The van der Waals surface area contributed by atoms with E-state index < -0.39 is 0 Å². The summed E-state index contributed by atoms with van der Waals surface area (Å²) in [5, 5.41) is 0. The van der Waals surface area contributed by atoms with E-state index in [1.54, 1.807) is 7.11 Å². The van der Waals surface area contributed by atoms with Crippen LogP contribution in [0.5, 0.6) is 5.75 Å². The minimum absolute atomic E-state index is 0.759. The highest BCUT2D eigenvalue weighted by molar-refractivity contribution is 5.29. The third kappa shape index (κ3) is 4.53. The van der Waals surface area contributed by atoms with E-state index in [1.165, 1.54) is 76.4 Å². The Morgan fingerprint density at radius 2 is 1.62 bits per heavy atom. The van der Waals surface area contributed by atoms with E-state index in [0.29, 0.717) is 0 Å². The zero-order valence-corrected chi connectivity index (χ0v) is 15.7. The molecule has 2 fully saturated rings. The van der Waals surface area contributed by atoms with Gasteiger partial charge in [-0.05, 0) is 81.1 Å². The molecule has 1 saturated heterocycles. The lowest BCUT2D eigenvalue weighted by Gasteiger charge is -2.41. The molecule has 1 aromatic carbocycles. The summed E-state index contributed by atoms with van der Waals surface area (Å²) in [6.45, 7) is 5.02. The topological polar surface area (TPSA) is 12.5 Å². The van der Waals surface area contributed by atoms with E-state index in [2.05, 4.69) is 36.1 Å². The van der Waals surface area contributed by atoms with Gasteiger partial charge in [0.25, 0.3) is 0 Å². The molecule has 1 aliphatic heterocycles. The average molecular weight is 330 g/mol. The zero-order valence-electron chi connectivity index (χ0n) is 15.7. The lowest BCUT2D eigenvalue weighted by Crippen LogP contribution is -2.43. The van der Waals surface area contributed by atoms with Gasteiger partial charge in [0.1, 0.15) is 5.75 Å². The molecule has 3 rings (SSSR count). The van der Waals surface area contributed by atoms with Gasteiger partial charge in [-0.25, -0.2) is 0 Å². The summed E-state index contributed by atoms with van der Waals surface area (Å²) in [5.41, 5.74) is 1.51. The predicted octanol–water partition coefficient (Wildman–Crippen LogP) is 5.62. The van der Waals surface area contributed by atoms with E-state index >= 15 is 0 Å². The predicted molar refractivity (Wildman–Crippen MR) is 102 cm³/mol. The van der Waals surface area contributed by atoms with Gasteiger partial charge in [-0.1, -0.05) is 38.3 Å². The molecule has 2 aliphatic rings. The molecule has 1 aliphatic carbocycles. The van der Waals surface area contributed by atoms with E-state index in [1.807, 2.05) is 0 Å². The maximum absolute atomic E-state index is 5.28. The van der Waals surface area contributed by atoms with Crippen LogP contribution < -0.4 is 4.74 Å². The van der Waals surface area contributed by atoms with E-state index in [9.17, 15) is 0 Å². The lowest BCUT2D eigenvalue weighted by atomic mass is 9.80. The third-order valence-electron chi connectivity index (χ3n) is 6.42. The SMILES string of the molecule is CCCCC1CCN([C@H]2CC[C@H](c3ccc(OC)cc3)CC2)CC1. The normalized spacial score (nSPS) is 26.4. The van der Waals surface area contributed by atoms with Gasteiger partial charge in [-0.15, -0.1) is 0 Å². The van der Waals surface area contributed by atoms with Gasteiger partial charge >= 0.3 is 0 Å². The Morgan fingerprint density at radius 1 is 0.958 bits per heavy atom. The molecule has 0 amide bonds. The van der Waals surface area contributed by atoms with Crippen molar-refractivity contribution in [1.29, 1.82) is 0 Å². The minimum Gasteiger partial charge on any atom is -0.497 e. The third-order valence-corrected chi connectivity index (χ3v) is 6.42. The summed E-state index contributed by atoms with van der Waals surface area (Å²) in [6, 6.07) is 9.61. The zero-order chi connectivity index (χ0) is 16.8. The van der Waals surface area contributed by atoms with Crippen molar-refractivity contribution < 1.29 is 4.74 Å². The molecule has 0 bridgehead atoms. The summed E-state index contributed by atoms with van der Waals surface area (Å²) in [7, 11) is 1.74. The molecule has 1 heterocycles. The van der Waals surface area contributed by atoms with Gasteiger partial charge in [0.15, 0.2) is 0 Å². The Labute approximate surface area is 148 Å². The summed E-state index contributed by atoms with van der Waals surface area (Å²) >= 11 is 0. The maximum Gasteiger partial charge on any atom is 0.118 e. The molecule has 0 N–H and O–H groups in total. The highest BCUT2D eigenvalue weighted by Crippen LogP contribution is 2.36. The number of methoxy groups -OCH3 is 1. The number of hydrogen-bond acceptors (Lipinski definition) is 2. The van der Waals surface area contributed by atoms with Crippen LogP contribution in [-0.4, -0.2) is 31.1 Å². The standard InChI is InChI=1S/C22H35NO/c1-3-4-5-18-14-16-23(17-15-18)21-10-6-19(7-11-21)20-8-12-22(24-2)13-9-20/h8-9,12-13,18-19,21H,3-7,10-11,14-17H2,1-2H3/t19-,21-. The number of unbranched alkanes of at least 4 members (excludes halogenated alkanes) is 1. The number of likely N-dealkylation sites (tertiary alicyclic amines) is 1. The van der Waals surface area contributed by atoms with Crippen LogP contribution in [0.3, 0.4) is 0 Å². The minimum atomic E-state index is 0.759. The molecule has 1 aromatic rings. The molecular weight excluding hydrogens is 294 g/mol. The lowest BCUT2D eigenvalue weighted by molar-refractivity contribution is 0.0995. The number of benzene rings is 1. The fourth-order valence-electron chi connectivity index (χ4n) is 4.75. The van der Waals surface area contributed by atoms with Gasteiger partial charge in [0.05, 0.1) is 7.11 Å². The molecule has 2 heteroatoms. The second kappa shape index (κ2) is 8.89. The van der Waals surface area contributed by atoms with Crippen molar-refractivity contribution in [2.24, 2.45) is 5.92 Å². The monoisotopic (exact) mass is 329 g/mol. The van der Waals surface area contributed by atoms with Crippen LogP contribution in [0.1, 0.15) is 76.2 Å². The van der Waals surface area contributed by atoms with Crippen molar-refractivity contribution in [2.75, 3.05) is 20.2 Å². The first-order valence-corrected chi connectivity index (χ1v) is 10.2. The van der Waals surface area contributed by atoms with E-state index in [-0.39, 0.29) is 0 Å². The van der Waals surface area contributed by atoms with Gasteiger partial charge in [-0.2, -0.15) is 0 Å². The molecular formula is C22H35NO. The fourth-order valence-corrected chi connectivity index (χ4v) is 4.75. The molecule has 134 valence electrons. The Balaban J connectivity index is 1.43. The molecule has 24 heavy (non-hydrogen) atoms. The first-order valence-electron chi connectivity index (χ1n) is 10.2. The highest BCUT2D eigenvalue weighted by Gasteiger charge is 2.29. The largest absolute Gasteiger partial charge is 0.497 e. The summed E-state index contributed by atoms with van der Waals surface area (Å²) in [5.74, 6) is 2.74. The van der Waals surface area contributed by atoms with Gasteiger partial charge in [0, 0.05) is 6.04 Å². The molecule has 0 radical (unpaired) electrons. The van der Waals surface area contributed by atoms with Gasteiger partial charge < -0.3 is 9.64 Å². The quantitative estimate of drug-likeness (QED) is 0.671. The number of piperidine rings is 1. The number of rotatable bonds is 6. The maximum atomic E-state index is 5.28. The molecule has 2 nitrogen and oxygen atoms in total. The van der Waals surface area contributed by atoms with Crippen molar-refractivity contribution in [1.82, 2.24) is 4.90 Å². The number of hydrogen-bond donors (Lipinski definition) is 0. The number of nitrogens with zero attached hydrogens (tertiary/aromatic N) is 1. The first-order chi connectivity index (χ1) is 11.8. The average Bonchev–Trinajstić information content (AvgIpc) is 2.67. The van der Waals surface area contributed by atoms with Crippen LogP contribution in [0.2, 0.25) is 0 Å². The van der Waals surface area contributed by atoms with Gasteiger partial charge in [0.2, 0.25) is 0 Å². The molecule has 0 spiro atoms. The summed E-state index contributed by atoms with van der Waals surface area (Å²) < 4.78 is 5.28. The van der Waals surface area contributed by atoms with Crippen LogP contribution >= 0.6 is 0 Å². The molecule has 0 atom stereocenters. The van der Waals surface area contributed by atoms with Gasteiger partial charge in [-0.3, -0.25) is 0 Å². The molecule has 1 saturated carbocycles. The number of ether oxygens (including phenoxy) is 1. The highest BCUT2D eigenvalue weighted by atomic mass is 16.5. The second-order valence-electron chi connectivity index (χ2n) is 7.90.